The summed E-state index contributed by atoms with van der Waals surface area (Å²) < 4.78 is 11.0. The minimum Gasteiger partial charge on any atom is -0.497 e. The third-order valence-electron chi connectivity index (χ3n) is 2.65. The van der Waals surface area contributed by atoms with E-state index in [1.807, 2.05) is 24.3 Å². The van der Waals surface area contributed by atoms with Gasteiger partial charge in [0.2, 0.25) is 0 Å². The van der Waals surface area contributed by atoms with E-state index in [1.54, 1.807) is 7.11 Å². The highest BCUT2D eigenvalue weighted by Crippen LogP contribution is 2.20. The topological polar surface area (TPSA) is 30.5 Å². The van der Waals surface area contributed by atoms with E-state index >= 15 is 0 Å². The Balaban J connectivity index is 1.91. The van der Waals surface area contributed by atoms with Gasteiger partial charge in [0.15, 0.2) is 0 Å². The Morgan fingerprint density at radius 2 is 1.67 bits per heavy atom. The monoisotopic (exact) mass is 207 g/mol. The predicted octanol–water partition coefficient (Wildman–Crippen LogP) is 1.83. The van der Waals surface area contributed by atoms with Crippen molar-refractivity contribution in [2.24, 2.45) is 0 Å². The summed E-state index contributed by atoms with van der Waals surface area (Å²) in [6.45, 7) is 2.11. The minimum atomic E-state index is 0.361. The van der Waals surface area contributed by atoms with Gasteiger partial charge < -0.3 is 14.8 Å². The predicted molar refractivity (Wildman–Crippen MR) is 59.5 cm³/mol. The molecule has 0 bridgehead atoms. The number of ether oxygens (including phenoxy) is 2. The van der Waals surface area contributed by atoms with Crippen LogP contribution >= 0.6 is 0 Å². The summed E-state index contributed by atoms with van der Waals surface area (Å²) in [6.07, 6.45) is 2.54. The van der Waals surface area contributed by atoms with Crippen molar-refractivity contribution in [2.75, 3.05) is 20.2 Å². The van der Waals surface area contributed by atoms with Gasteiger partial charge >= 0.3 is 0 Å². The summed E-state index contributed by atoms with van der Waals surface area (Å²) in [6, 6.07) is 7.77. The fourth-order valence-corrected chi connectivity index (χ4v) is 1.76. The van der Waals surface area contributed by atoms with Crippen LogP contribution in [0.25, 0.3) is 0 Å². The standard InChI is InChI=1S/C12H17NO2/c1-14-10-2-4-11(5-3-10)15-12-6-8-13-9-7-12/h2-5,12-13H,6-9H2,1H3. The first-order valence-corrected chi connectivity index (χ1v) is 5.40. The average molecular weight is 207 g/mol. The molecule has 3 heteroatoms. The van der Waals surface area contributed by atoms with Gasteiger partial charge in [-0.25, -0.2) is 0 Å². The van der Waals surface area contributed by atoms with E-state index in [4.69, 9.17) is 9.47 Å². The van der Waals surface area contributed by atoms with E-state index in [9.17, 15) is 0 Å². The molecule has 0 aromatic heterocycles. The Kier molecular flexibility index (Phi) is 3.45. The summed E-state index contributed by atoms with van der Waals surface area (Å²) >= 11 is 0. The van der Waals surface area contributed by atoms with Gasteiger partial charge in [-0.1, -0.05) is 0 Å². The number of benzene rings is 1. The molecule has 0 amide bonds. The third-order valence-corrected chi connectivity index (χ3v) is 2.65. The lowest BCUT2D eigenvalue weighted by molar-refractivity contribution is 0.162. The molecule has 1 N–H and O–H groups in total. The van der Waals surface area contributed by atoms with Crippen LogP contribution in [0.2, 0.25) is 0 Å². The molecular weight excluding hydrogens is 190 g/mol. The van der Waals surface area contributed by atoms with E-state index in [-0.39, 0.29) is 0 Å². The second-order valence-corrected chi connectivity index (χ2v) is 3.74. The molecule has 1 aliphatic rings. The van der Waals surface area contributed by atoms with Crippen LogP contribution in [0.15, 0.2) is 24.3 Å². The zero-order valence-electron chi connectivity index (χ0n) is 9.03. The lowest BCUT2D eigenvalue weighted by Gasteiger charge is -2.23. The Labute approximate surface area is 90.4 Å². The fraction of sp³-hybridized carbons (Fsp3) is 0.500. The summed E-state index contributed by atoms with van der Waals surface area (Å²) in [5.41, 5.74) is 0. The molecule has 1 aliphatic heterocycles. The zero-order chi connectivity index (χ0) is 10.5. The van der Waals surface area contributed by atoms with Crippen LogP contribution < -0.4 is 14.8 Å². The SMILES string of the molecule is COc1ccc(OC2CCNCC2)cc1. The summed E-state index contributed by atoms with van der Waals surface area (Å²) in [5, 5.41) is 3.32. The van der Waals surface area contributed by atoms with Crippen LogP contribution in [0.1, 0.15) is 12.8 Å². The lowest BCUT2D eigenvalue weighted by atomic mass is 10.1. The molecule has 0 unspecified atom stereocenters. The van der Waals surface area contributed by atoms with Crippen molar-refractivity contribution in [1.82, 2.24) is 5.32 Å². The first kappa shape index (κ1) is 10.3. The second-order valence-electron chi connectivity index (χ2n) is 3.74. The molecule has 0 spiro atoms. The number of methoxy groups -OCH3 is 1. The van der Waals surface area contributed by atoms with E-state index in [2.05, 4.69) is 5.32 Å². The van der Waals surface area contributed by atoms with E-state index in [1.165, 1.54) is 0 Å². The molecule has 1 saturated heterocycles. The quantitative estimate of drug-likeness (QED) is 0.820. The van der Waals surface area contributed by atoms with Crippen molar-refractivity contribution in [3.05, 3.63) is 24.3 Å². The largest absolute Gasteiger partial charge is 0.497 e. The molecule has 0 radical (unpaired) electrons. The number of nitrogens with one attached hydrogen (secondary N) is 1. The number of piperidine rings is 1. The van der Waals surface area contributed by atoms with Gasteiger partial charge in [-0.15, -0.1) is 0 Å². The van der Waals surface area contributed by atoms with Crippen LogP contribution in [-0.2, 0) is 0 Å². The highest BCUT2D eigenvalue weighted by Gasteiger charge is 2.13. The minimum absolute atomic E-state index is 0.361. The fourth-order valence-electron chi connectivity index (χ4n) is 1.76. The summed E-state index contributed by atoms with van der Waals surface area (Å²) in [5.74, 6) is 1.80. The summed E-state index contributed by atoms with van der Waals surface area (Å²) in [4.78, 5) is 0. The first-order valence-electron chi connectivity index (χ1n) is 5.40. The van der Waals surface area contributed by atoms with Crippen molar-refractivity contribution in [3.63, 3.8) is 0 Å². The zero-order valence-corrected chi connectivity index (χ0v) is 9.03. The number of hydrogen-bond donors (Lipinski definition) is 1. The molecule has 1 heterocycles. The van der Waals surface area contributed by atoms with Crippen molar-refractivity contribution in [3.8, 4) is 11.5 Å². The van der Waals surface area contributed by atoms with Crippen LogP contribution in [0.4, 0.5) is 0 Å². The molecule has 0 aliphatic carbocycles. The molecule has 1 aromatic rings. The van der Waals surface area contributed by atoms with Crippen LogP contribution in [0.3, 0.4) is 0 Å². The molecular formula is C12H17NO2. The molecule has 82 valence electrons. The first-order chi connectivity index (χ1) is 7.38. The normalized spacial score (nSPS) is 17.4. The van der Waals surface area contributed by atoms with Crippen LogP contribution in [0, 0.1) is 0 Å². The summed E-state index contributed by atoms with van der Waals surface area (Å²) in [7, 11) is 1.67. The number of hydrogen-bond acceptors (Lipinski definition) is 3. The van der Waals surface area contributed by atoms with Crippen molar-refractivity contribution in [2.45, 2.75) is 18.9 Å². The van der Waals surface area contributed by atoms with Crippen LogP contribution in [0.5, 0.6) is 11.5 Å². The van der Waals surface area contributed by atoms with Gasteiger partial charge in [0, 0.05) is 0 Å². The maximum atomic E-state index is 5.86. The van der Waals surface area contributed by atoms with Gasteiger partial charge in [-0.2, -0.15) is 0 Å². The molecule has 3 nitrogen and oxygen atoms in total. The molecule has 0 saturated carbocycles. The van der Waals surface area contributed by atoms with Crippen molar-refractivity contribution in [1.29, 1.82) is 0 Å². The smallest absolute Gasteiger partial charge is 0.119 e. The Morgan fingerprint density at radius 1 is 1.07 bits per heavy atom. The van der Waals surface area contributed by atoms with Crippen LogP contribution in [-0.4, -0.2) is 26.3 Å². The number of rotatable bonds is 3. The van der Waals surface area contributed by atoms with E-state index in [0.29, 0.717) is 6.10 Å². The third kappa shape index (κ3) is 2.86. The molecule has 1 fully saturated rings. The molecule has 0 atom stereocenters. The van der Waals surface area contributed by atoms with Crippen molar-refractivity contribution >= 4 is 0 Å². The molecule has 1 aromatic carbocycles. The van der Waals surface area contributed by atoms with Gasteiger partial charge in [-0.05, 0) is 50.2 Å². The van der Waals surface area contributed by atoms with E-state index < -0.39 is 0 Å². The lowest BCUT2D eigenvalue weighted by Crippen LogP contribution is -2.34. The molecule has 2 rings (SSSR count). The molecule has 15 heavy (non-hydrogen) atoms. The maximum absolute atomic E-state index is 5.86. The highest BCUT2D eigenvalue weighted by atomic mass is 16.5. The van der Waals surface area contributed by atoms with Gasteiger partial charge in [0.05, 0.1) is 7.11 Å². The highest BCUT2D eigenvalue weighted by molar-refractivity contribution is 5.31. The van der Waals surface area contributed by atoms with E-state index in [0.717, 1.165) is 37.4 Å². The Hall–Kier alpha value is -1.22. The second kappa shape index (κ2) is 5.03. The van der Waals surface area contributed by atoms with Gasteiger partial charge in [-0.3, -0.25) is 0 Å². The van der Waals surface area contributed by atoms with Crippen molar-refractivity contribution < 1.29 is 9.47 Å². The Bertz CT molecular complexity index is 291. The van der Waals surface area contributed by atoms with Gasteiger partial charge in [0.1, 0.15) is 17.6 Å². The maximum Gasteiger partial charge on any atom is 0.119 e. The average Bonchev–Trinajstić information content (AvgIpc) is 2.31. The Morgan fingerprint density at radius 3 is 2.27 bits per heavy atom. The van der Waals surface area contributed by atoms with Gasteiger partial charge in [0.25, 0.3) is 0 Å².